The molecule has 0 atom stereocenters. The number of amides is 1. The number of carbonyl (C=O) groups excluding carboxylic acids is 2. The number of rotatable bonds is 4. The summed E-state index contributed by atoms with van der Waals surface area (Å²) < 4.78 is 6.63. The van der Waals surface area contributed by atoms with Crippen LogP contribution in [0.15, 0.2) is 18.2 Å². The first-order chi connectivity index (χ1) is 13.9. The normalized spacial score (nSPS) is 13.6. The molecule has 1 aliphatic heterocycles. The van der Waals surface area contributed by atoms with Crippen molar-refractivity contribution in [1.29, 1.82) is 0 Å². The molecular formula is C21H23ClN4O3. The van der Waals surface area contributed by atoms with Crippen LogP contribution in [-0.2, 0) is 24.2 Å². The van der Waals surface area contributed by atoms with E-state index < -0.39 is 0 Å². The van der Waals surface area contributed by atoms with Gasteiger partial charge in [-0.05, 0) is 32.0 Å². The number of nitrogens with zero attached hydrogens (tertiary/aromatic N) is 3. The summed E-state index contributed by atoms with van der Waals surface area (Å²) in [6.45, 7) is 5.45. The number of aryl methyl sites for hydroxylation is 2. The Bertz CT molecular complexity index is 1120. The highest BCUT2D eigenvalue weighted by Gasteiger charge is 2.28. The van der Waals surface area contributed by atoms with Crippen LogP contribution < -0.4 is 0 Å². The molecule has 0 radical (unpaired) electrons. The predicted molar refractivity (Wildman–Crippen MR) is 111 cm³/mol. The molecule has 0 spiro atoms. The van der Waals surface area contributed by atoms with Gasteiger partial charge in [0.15, 0.2) is 0 Å². The number of fused-ring (bicyclic) bond motifs is 3. The molecule has 0 unspecified atom stereocenters. The molecule has 1 aromatic carbocycles. The van der Waals surface area contributed by atoms with E-state index in [0.717, 1.165) is 40.0 Å². The van der Waals surface area contributed by atoms with Crippen molar-refractivity contribution in [1.82, 2.24) is 19.7 Å². The van der Waals surface area contributed by atoms with Crippen molar-refractivity contribution < 1.29 is 14.3 Å². The van der Waals surface area contributed by atoms with Crippen molar-refractivity contribution in [3.8, 4) is 0 Å². The summed E-state index contributed by atoms with van der Waals surface area (Å²) in [7, 11) is 1.37. The van der Waals surface area contributed by atoms with Crippen LogP contribution in [0.4, 0.5) is 0 Å². The highest BCUT2D eigenvalue weighted by atomic mass is 35.5. The van der Waals surface area contributed by atoms with Crippen LogP contribution in [0.3, 0.4) is 0 Å². The first kappa shape index (κ1) is 19.5. The second-order valence-corrected chi connectivity index (χ2v) is 7.65. The van der Waals surface area contributed by atoms with Gasteiger partial charge in [0, 0.05) is 53.2 Å². The van der Waals surface area contributed by atoms with Crippen LogP contribution in [0.5, 0.6) is 0 Å². The largest absolute Gasteiger partial charge is 0.465 e. The van der Waals surface area contributed by atoms with E-state index in [-0.39, 0.29) is 11.9 Å². The van der Waals surface area contributed by atoms with Gasteiger partial charge in [-0.15, -0.1) is 11.6 Å². The maximum Gasteiger partial charge on any atom is 0.337 e. The summed E-state index contributed by atoms with van der Waals surface area (Å²) in [4.78, 5) is 30.5. The quantitative estimate of drug-likeness (QED) is 0.525. The number of alkyl halides is 1. The van der Waals surface area contributed by atoms with Crippen LogP contribution in [0, 0.1) is 13.8 Å². The van der Waals surface area contributed by atoms with Crippen molar-refractivity contribution in [2.75, 3.05) is 19.5 Å². The maximum atomic E-state index is 13.3. The highest BCUT2D eigenvalue weighted by molar-refractivity contribution is 6.17. The Morgan fingerprint density at radius 1 is 1.31 bits per heavy atom. The second-order valence-electron chi connectivity index (χ2n) is 7.27. The summed E-state index contributed by atoms with van der Waals surface area (Å²) in [5, 5.41) is 5.42. The fraction of sp³-hybridized carbons (Fsp3) is 0.381. The standard InChI is InChI=1S/C21H23ClN4O3/c1-12-19(13(2)26(24-12)9-7-22)20(27)25-8-6-18-16(11-25)15-10-14(21(28)29-3)4-5-17(15)23-18/h4-5,10,23H,6-9,11H2,1-3H3. The molecule has 3 heterocycles. The fourth-order valence-electron chi connectivity index (χ4n) is 4.09. The number of benzene rings is 1. The number of hydrogen-bond donors (Lipinski definition) is 1. The average Bonchev–Trinajstić information content (AvgIpc) is 3.22. The van der Waals surface area contributed by atoms with Gasteiger partial charge in [-0.2, -0.15) is 5.10 Å². The molecule has 0 saturated carbocycles. The van der Waals surface area contributed by atoms with Gasteiger partial charge in [-0.25, -0.2) is 4.79 Å². The van der Waals surface area contributed by atoms with Crippen LogP contribution in [0.1, 0.15) is 43.4 Å². The van der Waals surface area contributed by atoms with Crippen molar-refractivity contribution >= 4 is 34.4 Å². The number of nitrogens with one attached hydrogen (secondary N) is 1. The fourth-order valence-corrected chi connectivity index (χ4v) is 4.25. The van der Waals surface area contributed by atoms with Crippen LogP contribution in [0.2, 0.25) is 0 Å². The van der Waals surface area contributed by atoms with Gasteiger partial charge in [-0.1, -0.05) is 0 Å². The van der Waals surface area contributed by atoms with E-state index in [1.54, 1.807) is 10.7 Å². The lowest BCUT2D eigenvalue weighted by Crippen LogP contribution is -2.36. The number of methoxy groups -OCH3 is 1. The third kappa shape index (κ3) is 3.29. The average molecular weight is 415 g/mol. The number of esters is 1. The topological polar surface area (TPSA) is 80.2 Å². The number of halogens is 1. The molecule has 8 heteroatoms. The highest BCUT2D eigenvalue weighted by Crippen LogP contribution is 2.30. The zero-order chi connectivity index (χ0) is 20.7. The van der Waals surface area contributed by atoms with Crippen molar-refractivity contribution in [3.63, 3.8) is 0 Å². The maximum absolute atomic E-state index is 13.3. The van der Waals surface area contributed by atoms with E-state index in [1.165, 1.54) is 7.11 Å². The van der Waals surface area contributed by atoms with E-state index in [4.69, 9.17) is 16.3 Å². The Morgan fingerprint density at radius 2 is 2.10 bits per heavy atom. The number of H-pyrrole nitrogens is 1. The van der Waals surface area contributed by atoms with Gasteiger partial charge in [-0.3, -0.25) is 9.48 Å². The first-order valence-corrected chi connectivity index (χ1v) is 10.1. The lowest BCUT2D eigenvalue weighted by Gasteiger charge is -2.27. The molecule has 3 aromatic rings. The molecule has 7 nitrogen and oxygen atoms in total. The molecule has 2 aromatic heterocycles. The van der Waals surface area contributed by atoms with Gasteiger partial charge < -0.3 is 14.6 Å². The number of ether oxygens (including phenoxy) is 1. The van der Waals surface area contributed by atoms with E-state index in [0.29, 0.717) is 36.6 Å². The number of aromatic amines is 1. The Balaban J connectivity index is 1.68. The Kier molecular flexibility index (Phi) is 5.08. The van der Waals surface area contributed by atoms with Crippen LogP contribution in [0.25, 0.3) is 10.9 Å². The third-order valence-electron chi connectivity index (χ3n) is 5.58. The number of aromatic nitrogens is 3. The van der Waals surface area contributed by atoms with Gasteiger partial charge in [0.05, 0.1) is 30.5 Å². The molecule has 152 valence electrons. The monoisotopic (exact) mass is 414 g/mol. The Labute approximate surface area is 173 Å². The SMILES string of the molecule is COC(=O)c1ccc2[nH]c3c(c2c1)CN(C(=O)c1c(C)nn(CCCl)c1C)CC3. The summed E-state index contributed by atoms with van der Waals surface area (Å²) in [5.74, 6) is 0.0501. The molecule has 1 amide bonds. The smallest absolute Gasteiger partial charge is 0.337 e. The third-order valence-corrected chi connectivity index (χ3v) is 5.74. The van der Waals surface area contributed by atoms with Crippen molar-refractivity contribution in [3.05, 3.63) is 52.0 Å². The molecule has 0 saturated heterocycles. The predicted octanol–water partition coefficient (Wildman–Crippen LogP) is 3.21. The van der Waals surface area contributed by atoms with Crippen molar-refractivity contribution in [2.45, 2.75) is 33.4 Å². The summed E-state index contributed by atoms with van der Waals surface area (Å²) in [5.41, 5.74) is 5.82. The van der Waals surface area contributed by atoms with Gasteiger partial charge in [0.1, 0.15) is 0 Å². The number of hydrogen-bond acceptors (Lipinski definition) is 4. The lowest BCUT2D eigenvalue weighted by atomic mass is 10.0. The summed E-state index contributed by atoms with van der Waals surface area (Å²) in [6, 6.07) is 5.47. The first-order valence-electron chi connectivity index (χ1n) is 9.55. The Hall–Kier alpha value is -2.80. The molecule has 0 fully saturated rings. The molecular weight excluding hydrogens is 392 g/mol. The van der Waals surface area contributed by atoms with Gasteiger partial charge in [0.2, 0.25) is 0 Å². The Morgan fingerprint density at radius 3 is 2.83 bits per heavy atom. The minimum Gasteiger partial charge on any atom is -0.465 e. The van der Waals surface area contributed by atoms with Crippen molar-refractivity contribution in [2.24, 2.45) is 0 Å². The summed E-state index contributed by atoms with van der Waals surface area (Å²) in [6.07, 6.45) is 0.733. The molecule has 29 heavy (non-hydrogen) atoms. The van der Waals surface area contributed by atoms with Gasteiger partial charge in [0.25, 0.3) is 5.91 Å². The molecule has 1 N–H and O–H groups in total. The van der Waals surface area contributed by atoms with Gasteiger partial charge >= 0.3 is 5.97 Å². The molecule has 0 aliphatic carbocycles. The minimum absolute atomic E-state index is 0.0232. The number of carbonyl (C=O) groups is 2. The molecule has 4 rings (SSSR count). The zero-order valence-corrected chi connectivity index (χ0v) is 17.5. The summed E-state index contributed by atoms with van der Waals surface area (Å²) >= 11 is 5.85. The van der Waals surface area contributed by atoms with E-state index in [9.17, 15) is 9.59 Å². The second kappa shape index (κ2) is 7.55. The van der Waals surface area contributed by atoms with E-state index >= 15 is 0 Å². The lowest BCUT2D eigenvalue weighted by molar-refractivity contribution is 0.0600. The van der Waals surface area contributed by atoms with E-state index in [2.05, 4.69) is 10.1 Å². The molecule has 1 aliphatic rings. The van der Waals surface area contributed by atoms with E-state index in [1.807, 2.05) is 30.9 Å². The van der Waals surface area contributed by atoms with Crippen LogP contribution in [-0.4, -0.2) is 51.1 Å². The molecule has 0 bridgehead atoms. The zero-order valence-electron chi connectivity index (χ0n) is 16.7. The van der Waals surface area contributed by atoms with Crippen LogP contribution >= 0.6 is 11.6 Å². The minimum atomic E-state index is -0.372.